The Morgan fingerprint density at radius 3 is 2.55 bits per heavy atom. The first kappa shape index (κ1) is 13.9. The maximum atomic E-state index is 6.40. The van der Waals surface area contributed by atoms with Crippen LogP contribution in [-0.4, -0.2) is 9.55 Å². The molecule has 108 valence electrons. The molecule has 0 amide bonds. The summed E-state index contributed by atoms with van der Waals surface area (Å²) in [5.41, 5.74) is 3.64. The Bertz CT molecular complexity index is 592. The average molecular weight is 291 g/mol. The molecular weight excluding hydrogens is 268 g/mol. The molecule has 2 nitrogen and oxygen atoms in total. The second-order valence-electron chi connectivity index (χ2n) is 6.09. The number of rotatable bonds is 2. The summed E-state index contributed by atoms with van der Waals surface area (Å²) >= 11 is 6.40. The van der Waals surface area contributed by atoms with Crippen molar-refractivity contribution in [2.24, 2.45) is 0 Å². The number of fused-ring (bicyclic) bond motifs is 1. The molecule has 1 aliphatic carbocycles. The maximum Gasteiger partial charge on any atom is 0.127 e. The number of halogens is 1. The Morgan fingerprint density at radius 1 is 1.20 bits per heavy atom. The van der Waals surface area contributed by atoms with Crippen molar-refractivity contribution < 1.29 is 0 Å². The van der Waals surface area contributed by atoms with E-state index in [4.69, 9.17) is 16.6 Å². The fourth-order valence-electron chi connectivity index (χ4n) is 3.40. The van der Waals surface area contributed by atoms with E-state index in [0.29, 0.717) is 6.04 Å². The molecule has 0 N–H and O–H groups in total. The third kappa shape index (κ3) is 2.58. The molecule has 0 spiro atoms. The fraction of sp³-hybridized carbons (Fsp3) is 0.588. The first-order valence-corrected chi connectivity index (χ1v) is 8.23. The van der Waals surface area contributed by atoms with Gasteiger partial charge in [0.05, 0.1) is 16.4 Å². The molecule has 0 saturated heterocycles. The summed E-state index contributed by atoms with van der Waals surface area (Å²) in [6.45, 7) is 4.18. The van der Waals surface area contributed by atoms with E-state index in [1.165, 1.54) is 49.6 Å². The van der Waals surface area contributed by atoms with Gasteiger partial charge in [0.15, 0.2) is 0 Å². The van der Waals surface area contributed by atoms with Crippen molar-refractivity contribution in [1.82, 2.24) is 9.55 Å². The van der Waals surface area contributed by atoms with Gasteiger partial charge in [-0.05, 0) is 44.4 Å². The third-order valence-corrected chi connectivity index (χ3v) is 4.61. The van der Waals surface area contributed by atoms with Crippen LogP contribution in [0, 0.1) is 6.92 Å². The molecule has 20 heavy (non-hydrogen) atoms. The molecule has 0 bridgehead atoms. The van der Waals surface area contributed by atoms with Gasteiger partial charge >= 0.3 is 0 Å². The molecule has 0 radical (unpaired) electrons. The highest BCUT2D eigenvalue weighted by Gasteiger charge is 2.22. The van der Waals surface area contributed by atoms with Crippen LogP contribution in [0.3, 0.4) is 0 Å². The molecule has 1 aromatic heterocycles. The van der Waals surface area contributed by atoms with E-state index in [2.05, 4.69) is 29.7 Å². The second-order valence-corrected chi connectivity index (χ2v) is 6.75. The Hall–Kier alpha value is -1.02. The van der Waals surface area contributed by atoms with Crippen molar-refractivity contribution in [2.45, 2.75) is 63.8 Å². The van der Waals surface area contributed by atoms with Crippen LogP contribution in [0.1, 0.15) is 68.3 Å². The zero-order valence-corrected chi connectivity index (χ0v) is 13.2. The molecule has 1 aromatic carbocycles. The van der Waals surface area contributed by atoms with Gasteiger partial charge in [-0.3, -0.25) is 0 Å². The topological polar surface area (TPSA) is 17.8 Å². The summed E-state index contributed by atoms with van der Waals surface area (Å²) in [5, 5.41) is -0.0361. The first-order chi connectivity index (χ1) is 9.66. The number of nitrogens with zero attached hydrogens (tertiary/aromatic N) is 2. The molecule has 1 heterocycles. The quantitative estimate of drug-likeness (QED) is 0.524. The molecule has 1 fully saturated rings. The van der Waals surface area contributed by atoms with E-state index >= 15 is 0 Å². The second kappa shape index (κ2) is 5.77. The van der Waals surface area contributed by atoms with E-state index in [0.717, 1.165) is 11.3 Å². The molecule has 2 aromatic rings. The Labute approximate surface area is 126 Å². The van der Waals surface area contributed by atoms with E-state index in [9.17, 15) is 0 Å². The minimum atomic E-state index is -0.0361. The third-order valence-electron chi connectivity index (χ3n) is 4.42. The molecular formula is C17H23ClN2. The summed E-state index contributed by atoms with van der Waals surface area (Å²) in [5.74, 6) is 1.04. The number of aryl methyl sites for hydroxylation is 1. The van der Waals surface area contributed by atoms with Gasteiger partial charge in [0.1, 0.15) is 5.82 Å². The van der Waals surface area contributed by atoms with E-state index in [-0.39, 0.29) is 5.38 Å². The predicted molar refractivity (Wildman–Crippen MR) is 85.5 cm³/mol. The van der Waals surface area contributed by atoms with Gasteiger partial charge < -0.3 is 4.57 Å². The number of benzene rings is 1. The van der Waals surface area contributed by atoms with Gasteiger partial charge in [-0.15, -0.1) is 11.6 Å². The zero-order chi connectivity index (χ0) is 14.1. The van der Waals surface area contributed by atoms with E-state index in [1.54, 1.807) is 0 Å². The molecule has 1 saturated carbocycles. The molecule has 0 aliphatic heterocycles. The van der Waals surface area contributed by atoms with Crippen LogP contribution in [-0.2, 0) is 0 Å². The lowest BCUT2D eigenvalue weighted by atomic mass is 10.1. The molecule has 3 heteroatoms. The van der Waals surface area contributed by atoms with Gasteiger partial charge in [-0.1, -0.05) is 31.7 Å². The first-order valence-electron chi connectivity index (χ1n) is 7.79. The highest BCUT2D eigenvalue weighted by molar-refractivity contribution is 6.20. The lowest BCUT2D eigenvalue weighted by molar-refractivity contribution is 0.440. The van der Waals surface area contributed by atoms with Gasteiger partial charge in [-0.25, -0.2) is 4.98 Å². The van der Waals surface area contributed by atoms with Crippen molar-refractivity contribution in [3.8, 4) is 0 Å². The van der Waals surface area contributed by atoms with Crippen molar-refractivity contribution in [3.05, 3.63) is 29.6 Å². The number of imidazole rings is 1. The molecule has 1 atom stereocenters. The predicted octanol–water partition coefficient (Wildman–Crippen LogP) is 5.54. The van der Waals surface area contributed by atoms with Crippen LogP contribution in [0.15, 0.2) is 18.2 Å². The number of hydrogen-bond donors (Lipinski definition) is 0. The summed E-state index contributed by atoms with van der Waals surface area (Å²) < 4.78 is 2.44. The average Bonchev–Trinajstić information content (AvgIpc) is 2.60. The standard InChI is InChI=1S/C17H23ClN2/c1-12-9-10-15-16(11-12)20(17(19-15)13(2)18)14-7-5-3-4-6-8-14/h9-11,13-14H,3-8H2,1-2H3. The van der Waals surface area contributed by atoms with Crippen LogP contribution in [0.5, 0.6) is 0 Å². The summed E-state index contributed by atoms with van der Waals surface area (Å²) in [7, 11) is 0. The number of hydrogen-bond acceptors (Lipinski definition) is 1. The van der Waals surface area contributed by atoms with E-state index < -0.39 is 0 Å². The number of aromatic nitrogens is 2. The van der Waals surface area contributed by atoms with Gasteiger partial charge in [0, 0.05) is 6.04 Å². The van der Waals surface area contributed by atoms with Crippen molar-refractivity contribution >= 4 is 22.6 Å². The van der Waals surface area contributed by atoms with Crippen LogP contribution in [0.25, 0.3) is 11.0 Å². The van der Waals surface area contributed by atoms with Gasteiger partial charge in [-0.2, -0.15) is 0 Å². The lowest BCUT2D eigenvalue weighted by Gasteiger charge is -2.21. The van der Waals surface area contributed by atoms with Crippen LogP contribution >= 0.6 is 11.6 Å². The van der Waals surface area contributed by atoms with Crippen molar-refractivity contribution in [2.75, 3.05) is 0 Å². The van der Waals surface area contributed by atoms with Crippen molar-refractivity contribution in [3.63, 3.8) is 0 Å². The zero-order valence-electron chi connectivity index (χ0n) is 12.4. The Kier molecular flexibility index (Phi) is 4.02. The fourth-order valence-corrected chi connectivity index (χ4v) is 3.56. The number of alkyl halides is 1. The Balaban J connectivity index is 2.14. The Morgan fingerprint density at radius 2 is 1.90 bits per heavy atom. The summed E-state index contributed by atoms with van der Waals surface area (Å²) in [4.78, 5) is 4.79. The van der Waals surface area contributed by atoms with Crippen molar-refractivity contribution in [1.29, 1.82) is 0 Å². The smallest absolute Gasteiger partial charge is 0.127 e. The summed E-state index contributed by atoms with van der Waals surface area (Å²) in [6, 6.07) is 7.09. The SMILES string of the molecule is Cc1ccc2nc(C(C)Cl)n(C3CCCCCC3)c2c1. The van der Waals surface area contributed by atoms with Gasteiger partial charge in [0.2, 0.25) is 0 Å². The highest BCUT2D eigenvalue weighted by Crippen LogP contribution is 2.34. The minimum Gasteiger partial charge on any atom is -0.324 e. The lowest BCUT2D eigenvalue weighted by Crippen LogP contribution is -2.12. The minimum absolute atomic E-state index is 0.0361. The van der Waals surface area contributed by atoms with Crippen LogP contribution in [0.4, 0.5) is 0 Å². The van der Waals surface area contributed by atoms with Gasteiger partial charge in [0.25, 0.3) is 0 Å². The normalized spacial score (nSPS) is 19.1. The van der Waals surface area contributed by atoms with E-state index in [1.807, 2.05) is 6.92 Å². The van der Waals surface area contributed by atoms with Crippen LogP contribution < -0.4 is 0 Å². The molecule has 3 rings (SSSR count). The largest absolute Gasteiger partial charge is 0.324 e. The monoisotopic (exact) mass is 290 g/mol. The maximum absolute atomic E-state index is 6.40. The summed E-state index contributed by atoms with van der Waals surface area (Å²) in [6.07, 6.45) is 7.91. The molecule has 1 unspecified atom stereocenters. The highest BCUT2D eigenvalue weighted by atomic mass is 35.5. The molecule has 1 aliphatic rings. The van der Waals surface area contributed by atoms with Crippen LogP contribution in [0.2, 0.25) is 0 Å².